The van der Waals surface area contributed by atoms with Crippen molar-refractivity contribution < 1.29 is 4.74 Å². The fraction of sp³-hybridized carbons (Fsp3) is 0.400. The largest absolute Gasteiger partial charge is 0.377 e. The van der Waals surface area contributed by atoms with Crippen LogP contribution in [0.1, 0.15) is 35.8 Å². The van der Waals surface area contributed by atoms with Gasteiger partial charge < -0.3 is 4.74 Å². The molecule has 126 valence electrons. The fourth-order valence-corrected chi connectivity index (χ4v) is 3.21. The number of likely N-dealkylation sites (tertiary alicyclic amines) is 1. The predicted octanol–water partition coefficient (Wildman–Crippen LogP) is 3.52. The minimum atomic E-state index is 0.476. The Kier molecular flexibility index (Phi) is 6.10. The molecule has 3 rings (SSSR count). The molecule has 1 aliphatic heterocycles. The number of piperidine rings is 1. The SMILES string of the molecule is COCc1nccc(C2CCCN(C/C=C/c3ccccc3)C2)n1. The maximum absolute atomic E-state index is 5.14. The third kappa shape index (κ3) is 4.73. The number of hydrogen-bond acceptors (Lipinski definition) is 4. The van der Waals surface area contributed by atoms with Crippen LogP contribution in [0.5, 0.6) is 0 Å². The maximum Gasteiger partial charge on any atom is 0.154 e. The molecule has 1 fully saturated rings. The van der Waals surface area contributed by atoms with E-state index in [1.807, 2.05) is 18.3 Å². The third-order valence-electron chi connectivity index (χ3n) is 4.40. The van der Waals surface area contributed by atoms with Gasteiger partial charge in [0.05, 0.1) is 0 Å². The van der Waals surface area contributed by atoms with Gasteiger partial charge in [0.15, 0.2) is 5.82 Å². The van der Waals surface area contributed by atoms with E-state index in [0.29, 0.717) is 12.5 Å². The summed E-state index contributed by atoms with van der Waals surface area (Å²) in [6, 6.07) is 12.5. The Morgan fingerprint density at radius 1 is 1.25 bits per heavy atom. The highest BCUT2D eigenvalue weighted by atomic mass is 16.5. The molecule has 0 radical (unpaired) electrons. The predicted molar refractivity (Wildman–Crippen MR) is 96.6 cm³/mol. The topological polar surface area (TPSA) is 38.2 Å². The van der Waals surface area contributed by atoms with Crippen molar-refractivity contribution in [2.75, 3.05) is 26.7 Å². The van der Waals surface area contributed by atoms with Gasteiger partial charge in [-0.1, -0.05) is 42.5 Å². The summed E-state index contributed by atoms with van der Waals surface area (Å²) in [7, 11) is 1.68. The number of nitrogens with zero attached hydrogens (tertiary/aromatic N) is 3. The van der Waals surface area contributed by atoms with Gasteiger partial charge >= 0.3 is 0 Å². The van der Waals surface area contributed by atoms with Crippen LogP contribution < -0.4 is 0 Å². The van der Waals surface area contributed by atoms with E-state index in [0.717, 1.165) is 31.2 Å². The molecule has 2 aromatic rings. The van der Waals surface area contributed by atoms with Crippen LogP contribution >= 0.6 is 0 Å². The first-order chi connectivity index (χ1) is 11.8. The monoisotopic (exact) mass is 323 g/mol. The van der Waals surface area contributed by atoms with E-state index in [1.54, 1.807) is 7.11 Å². The lowest BCUT2D eigenvalue weighted by Gasteiger charge is -2.31. The second-order valence-corrected chi connectivity index (χ2v) is 6.24. The molecule has 4 nitrogen and oxygen atoms in total. The molecule has 0 saturated carbocycles. The van der Waals surface area contributed by atoms with Gasteiger partial charge in [-0.25, -0.2) is 9.97 Å². The molecule has 2 heterocycles. The molecule has 1 aromatic heterocycles. The highest BCUT2D eigenvalue weighted by Gasteiger charge is 2.21. The number of methoxy groups -OCH3 is 1. The number of hydrogen-bond donors (Lipinski definition) is 0. The molecule has 0 amide bonds. The Morgan fingerprint density at radius 3 is 2.96 bits per heavy atom. The van der Waals surface area contributed by atoms with E-state index in [4.69, 9.17) is 4.74 Å². The van der Waals surface area contributed by atoms with Crippen LogP contribution in [0.15, 0.2) is 48.7 Å². The molecule has 1 atom stereocenters. The second-order valence-electron chi connectivity index (χ2n) is 6.24. The van der Waals surface area contributed by atoms with E-state index < -0.39 is 0 Å². The molecular formula is C20H25N3O. The highest BCUT2D eigenvalue weighted by Crippen LogP contribution is 2.25. The number of ether oxygens (including phenoxy) is 1. The molecule has 0 bridgehead atoms. The standard InChI is InChI=1S/C20H25N3O/c1-24-16-20-21-12-11-19(22-20)18-10-6-14-23(15-18)13-5-9-17-7-3-2-4-8-17/h2-5,7-9,11-12,18H,6,10,13-16H2,1H3/b9-5+. The van der Waals surface area contributed by atoms with E-state index in [9.17, 15) is 0 Å². The summed E-state index contributed by atoms with van der Waals surface area (Å²) in [6.45, 7) is 3.68. The summed E-state index contributed by atoms with van der Waals surface area (Å²) >= 11 is 0. The first-order valence-corrected chi connectivity index (χ1v) is 8.60. The minimum absolute atomic E-state index is 0.476. The molecule has 0 spiro atoms. The van der Waals surface area contributed by atoms with Gasteiger partial charge in [0.2, 0.25) is 0 Å². The average Bonchev–Trinajstić information content (AvgIpc) is 2.63. The Balaban J connectivity index is 1.58. The van der Waals surface area contributed by atoms with Crippen LogP contribution in [0.25, 0.3) is 6.08 Å². The lowest BCUT2D eigenvalue weighted by Crippen LogP contribution is -2.34. The second kappa shape index (κ2) is 8.71. The number of aromatic nitrogens is 2. The van der Waals surface area contributed by atoms with Crippen LogP contribution in [-0.2, 0) is 11.3 Å². The molecule has 0 N–H and O–H groups in total. The van der Waals surface area contributed by atoms with Crippen LogP contribution in [0, 0.1) is 0 Å². The molecule has 0 aliphatic carbocycles. The maximum atomic E-state index is 5.14. The summed E-state index contributed by atoms with van der Waals surface area (Å²) in [6.07, 6.45) is 8.72. The van der Waals surface area contributed by atoms with Gasteiger partial charge in [-0.15, -0.1) is 0 Å². The lowest BCUT2D eigenvalue weighted by atomic mass is 9.94. The van der Waals surface area contributed by atoms with Crippen molar-refractivity contribution in [1.82, 2.24) is 14.9 Å². The third-order valence-corrected chi connectivity index (χ3v) is 4.40. The van der Waals surface area contributed by atoms with Crippen molar-refractivity contribution in [3.63, 3.8) is 0 Å². The lowest BCUT2D eigenvalue weighted by molar-refractivity contribution is 0.176. The van der Waals surface area contributed by atoms with Gasteiger partial charge in [0.1, 0.15) is 6.61 Å². The zero-order chi connectivity index (χ0) is 16.6. The van der Waals surface area contributed by atoms with Gasteiger partial charge in [-0.2, -0.15) is 0 Å². The van der Waals surface area contributed by atoms with E-state index in [1.165, 1.54) is 18.4 Å². The van der Waals surface area contributed by atoms with Crippen LogP contribution in [-0.4, -0.2) is 41.6 Å². The summed E-state index contributed by atoms with van der Waals surface area (Å²) < 4.78 is 5.14. The summed E-state index contributed by atoms with van der Waals surface area (Å²) in [5.41, 5.74) is 2.40. The molecule has 1 unspecified atom stereocenters. The summed E-state index contributed by atoms with van der Waals surface area (Å²) in [5, 5.41) is 0. The van der Waals surface area contributed by atoms with E-state index in [-0.39, 0.29) is 0 Å². The van der Waals surface area contributed by atoms with Crippen LogP contribution in [0.3, 0.4) is 0 Å². The van der Waals surface area contributed by atoms with Crippen molar-refractivity contribution >= 4 is 6.08 Å². The molecular weight excluding hydrogens is 298 g/mol. The zero-order valence-corrected chi connectivity index (χ0v) is 14.3. The van der Waals surface area contributed by atoms with Gasteiger partial charge in [0, 0.05) is 38.0 Å². The normalized spacial score (nSPS) is 19.0. The first kappa shape index (κ1) is 16.8. The highest BCUT2D eigenvalue weighted by molar-refractivity contribution is 5.48. The molecule has 24 heavy (non-hydrogen) atoms. The number of benzene rings is 1. The van der Waals surface area contributed by atoms with E-state index in [2.05, 4.69) is 51.3 Å². The fourth-order valence-electron chi connectivity index (χ4n) is 3.21. The van der Waals surface area contributed by atoms with Crippen molar-refractivity contribution in [2.45, 2.75) is 25.4 Å². The molecule has 1 saturated heterocycles. The Labute approximate surface area is 144 Å². The molecule has 1 aliphatic rings. The van der Waals surface area contributed by atoms with Gasteiger partial charge in [0.25, 0.3) is 0 Å². The van der Waals surface area contributed by atoms with Crippen molar-refractivity contribution in [2.24, 2.45) is 0 Å². The van der Waals surface area contributed by atoms with Crippen molar-refractivity contribution in [1.29, 1.82) is 0 Å². The van der Waals surface area contributed by atoms with E-state index >= 15 is 0 Å². The first-order valence-electron chi connectivity index (χ1n) is 8.60. The van der Waals surface area contributed by atoms with Gasteiger partial charge in [-0.05, 0) is 31.0 Å². The van der Waals surface area contributed by atoms with Crippen molar-refractivity contribution in [3.8, 4) is 0 Å². The van der Waals surface area contributed by atoms with Crippen LogP contribution in [0.4, 0.5) is 0 Å². The Bertz CT molecular complexity index is 657. The van der Waals surface area contributed by atoms with Gasteiger partial charge in [-0.3, -0.25) is 4.90 Å². The van der Waals surface area contributed by atoms with Crippen molar-refractivity contribution in [3.05, 3.63) is 65.8 Å². The van der Waals surface area contributed by atoms with Crippen LogP contribution in [0.2, 0.25) is 0 Å². The Hall–Kier alpha value is -2.04. The quantitative estimate of drug-likeness (QED) is 0.815. The molecule has 4 heteroatoms. The zero-order valence-electron chi connectivity index (χ0n) is 14.3. The average molecular weight is 323 g/mol. The molecule has 1 aromatic carbocycles. The summed E-state index contributed by atoms with van der Waals surface area (Å²) in [4.78, 5) is 11.4. The Morgan fingerprint density at radius 2 is 2.12 bits per heavy atom. The summed E-state index contributed by atoms with van der Waals surface area (Å²) in [5.74, 6) is 1.26. The number of rotatable bonds is 6. The smallest absolute Gasteiger partial charge is 0.154 e. The minimum Gasteiger partial charge on any atom is -0.377 e.